The summed E-state index contributed by atoms with van der Waals surface area (Å²) in [5.74, 6) is -0.255. The Balaban J connectivity index is 3.02. The Labute approximate surface area is 107 Å². The maximum Gasteiger partial charge on any atom is 0.257 e. The number of phenols is 1. The second kappa shape index (κ2) is 6.06. The zero-order valence-corrected chi connectivity index (χ0v) is 11.0. The van der Waals surface area contributed by atoms with E-state index >= 15 is 0 Å². The van der Waals surface area contributed by atoms with Crippen molar-refractivity contribution in [1.29, 1.82) is 5.26 Å². The number of hydrogen-bond donors (Lipinski definition) is 1. The van der Waals surface area contributed by atoms with Gasteiger partial charge in [0.15, 0.2) is 0 Å². The number of phenolic OH excluding ortho intramolecular Hbond substituents is 1. The Bertz CT molecular complexity index is 475. The van der Waals surface area contributed by atoms with Crippen molar-refractivity contribution < 1.29 is 9.90 Å². The van der Waals surface area contributed by atoms with Crippen LogP contribution in [0.1, 0.15) is 36.2 Å². The number of aryl methyl sites for hydroxylation is 1. The van der Waals surface area contributed by atoms with Crippen molar-refractivity contribution in [3.63, 3.8) is 0 Å². The fourth-order valence-electron chi connectivity index (χ4n) is 1.74. The van der Waals surface area contributed by atoms with Crippen molar-refractivity contribution in [3.8, 4) is 11.8 Å². The number of hydrogen-bond acceptors (Lipinski definition) is 3. The summed E-state index contributed by atoms with van der Waals surface area (Å²) in [6.07, 6.45) is 0.288. The summed E-state index contributed by atoms with van der Waals surface area (Å²) in [7, 11) is 0. The van der Waals surface area contributed by atoms with E-state index in [1.54, 1.807) is 17.0 Å². The molecule has 0 heterocycles. The van der Waals surface area contributed by atoms with Crippen LogP contribution in [0.25, 0.3) is 0 Å². The lowest BCUT2D eigenvalue weighted by Crippen LogP contribution is -2.37. The van der Waals surface area contributed by atoms with E-state index in [-0.39, 0.29) is 24.1 Å². The third kappa shape index (κ3) is 3.24. The smallest absolute Gasteiger partial charge is 0.257 e. The minimum absolute atomic E-state index is 0.00855. The average molecular weight is 246 g/mol. The lowest BCUT2D eigenvalue weighted by molar-refractivity contribution is 0.0707. The van der Waals surface area contributed by atoms with Crippen molar-refractivity contribution >= 4 is 5.91 Å². The van der Waals surface area contributed by atoms with Gasteiger partial charge in [-0.25, -0.2) is 0 Å². The zero-order chi connectivity index (χ0) is 13.7. The van der Waals surface area contributed by atoms with Crippen LogP contribution in [0.15, 0.2) is 18.2 Å². The van der Waals surface area contributed by atoms with Crippen LogP contribution in [0.4, 0.5) is 0 Å². The largest absolute Gasteiger partial charge is 0.507 e. The van der Waals surface area contributed by atoms with E-state index in [1.165, 1.54) is 6.07 Å². The first kappa shape index (κ1) is 14.0. The molecular formula is C14H18N2O2. The van der Waals surface area contributed by atoms with Crippen molar-refractivity contribution in [1.82, 2.24) is 4.90 Å². The van der Waals surface area contributed by atoms with Crippen LogP contribution < -0.4 is 0 Å². The SMILES string of the molecule is Cc1ccc(O)c(C(=O)N(CCC#N)C(C)C)c1. The third-order valence-corrected chi connectivity index (χ3v) is 2.73. The van der Waals surface area contributed by atoms with E-state index < -0.39 is 0 Å². The Hall–Kier alpha value is -2.02. The molecule has 0 aliphatic rings. The molecule has 0 aliphatic heterocycles. The Morgan fingerprint density at radius 2 is 2.17 bits per heavy atom. The van der Waals surface area contributed by atoms with E-state index in [0.717, 1.165) is 5.56 Å². The van der Waals surface area contributed by atoms with Gasteiger partial charge in [0.05, 0.1) is 18.1 Å². The summed E-state index contributed by atoms with van der Waals surface area (Å²) in [6.45, 7) is 6.02. The molecule has 0 aromatic heterocycles. The first-order valence-corrected chi connectivity index (χ1v) is 5.95. The molecule has 1 amide bonds. The molecular weight excluding hydrogens is 228 g/mol. The van der Waals surface area contributed by atoms with Gasteiger partial charge in [-0.1, -0.05) is 11.6 Å². The number of carbonyl (C=O) groups is 1. The van der Waals surface area contributed by atoms with Gasteiger partial charge < -0.3 is 10.0 Å². The van der Waals surface area contributed by atoms with Gasteiger partial charge in [0.1, 0.15) is 5.75 Å². The molecule has 4 nitrogen and oxygen atoms in total. The second-order valence-corrected chi connectivity index (χ2v) is 4.52. The minimum Gasteiger partial charge on any atom is -0.507 e. The van der Waals surface area contributed by atoms with E-state index in [1.807, 2.05) is 26.8 Å². The molecule has 0 spiro atoms. The number of nitrogens with zero attached hydrogens (tertiary/aromatic N) is 2. The van der Waals surface area contributed by atoms with Gasteiger partial charge >= 0.3 is 0 Å². The van der Waals surface area contributed by atoms with Crippen LogP contribution in [-0.4, -0.2) is 28.5 Å². The Morgan fingerprint density at radius 3 is 2.72 bits per heavy atom. The maximum atomic E-state index is 12.3. The number of rotatable bonds is 4. The van der Waals surface area contributed by atoms with Gasteiger partial charge in [-0.05, 0) is 32.9 Å². The number of carbonyl (C=O) groups excluding carboxylic acids is 1. The van der Waals surface area contributed by atoms with Crippen LogP contribution >= 0.6 is 0 Å². The molecule has 1 aromatic carbocycles. The van der Waals surface area contributed by atoms with Gasteiger partial charge in [-0.3, -0.25) is 4.79 Å². The summed E-state index contributed by atoms with van der Waals surface area (Å²) < 4.78 is 0. The summed E-state index contributed by atoms with van der Waals surface area (Å²) in [5.41, 5.74) is 1.21. The third-order valence-electron chi connectivity index (χ3n) is 2.73. The first-order chi connectivity index (χ1) is 8.47. The molecule has 0 unspecified atom stereocenters. The lowest BCUT2D eigenvalue weighted by Gasteiger charge is -2.26. The van der Waals surface area contributed by atoms with Crippen LogP contribution in [0.5, 0.6) is 5.75 Å². The average Bonchev–Trinajstić information content (AvgIpc) is 2.32. The van der Waals surface area contributed by atoms with Gasteiger partial charge in [0, 0.05) is 12.6 Å². The van der Waals surface area contributed by atoms with E-state index in [0.29, 0.717) is 12.1 Å². The van der Waals surface area contributed by atoms with Crippen molar-refractivity contribution in [2.24, 2.45) is 0 Å². The fraction of sp³-hybridized carbons (Fsp3) is 0.429. The van der Waals surface area contributed by atoms with Crippen molar-refractivity contribution in [2.75, 3.05) is 6.54 Å². The summed E-state index contributed by atoms with van der Waals surface area (Å²) in [5, 5.41) is 18.4. The molecule has 4 heteroatoms. The monoisotopic (exact) mass is 246 g/mol. The number of amides is 1. The molecule has 0 fully saturated rings. The molecule has 0 bridgehead atoms. The number of benzene rings is 1. The molecule has 96 valence electrons. The van der Waals surface area contributed by atoms with E-state index in [9.17, 15) is 9.90 Å². The molecule has 0 saturated heterocycles. The summed E-state index contributed by atoms with van der Waals surface area (Å²) in [6, 6.07) is 6.96. The van der Waals surface area contributed by atoms with E-state index in [4.69, 9.17) is 5.26 Å². The topological polar surface area (TPSA) is 64.3 Å². The van der Waals surface area contributed by atoms with Crippen molar-refractivity contribution in [2.45, 2.75) is 33.2 Å². The summed E-state index contributed by atoms with van der Waals surface area (Å²) >= 11 is 0. The van der Waals surface area contributed by atoms with Crippen molar-refractivity contribution in [3.05, 3.63) is 29.3 Å². The zero-order valence-electron chi connectivity index (χ0n) is 11.0. The fourth-order valence-corrected chi connectivity index (χ4v) is 1.74. The Morgan fingerprint density at radius 1 is 1.50 bits per heavy atom. The predicted octanol–water partition coefficient (Wildman–Crippen LogP) is 2.46. The van der Waals surface area contributed by atoms with Gasteiger partial charge in [-0.2, -0.15) is 5.26 Å². The quantitative estimate of drug-likeness (QED) is 0.887. The van der Waals surface area contributed by atoms with Crippen LogP contribution in [0.3, 0.4) is 0 Å². The number of aromatic hydroxyl groups is 1. The molecule has 0 aliphatic carbocycles. The normalized spacial score (nSPS) is 10.2. The first-order valence-electron chi connectivity index (χ1n) is 5.95. The van der Waals surface area contributed by atoms with Gasteiger partial charge in [0.2, 0.25) is 0 Å². The lowest BCUT2D eigenvalue weighted by atomic mass is 10.1. The number of nitriles is 1. The van der Waals surface area contributed by atoms with Gasteiger partial charge in [-0.15, -0.1) is 0 Å². The van der Waals surface area contributed by atoms with E-state index in [2.05, 4.69) is 0 Å². The van der Waals surface area contributed by atoms with Crippen LogP contribution in [-0.2, 0) is 0 Å². The predicted molar refractivity (Wildman–Crippen MR) is 69.2 cm³/mol. The molecule has 0 atom stereocenters. The molecule has 0 saturated carbocycles. The van der Waals surface area contributed by atoms with Gasteiger partial charge in [0.25, 0.3) is 5.91 Å². The van der Waals surface area contributed by atoms with Crippen LogP contribution in [0.2, 0.25) is 0 Å². The molecule has 1 aromatic rings. The highest BCUT2D eigenvalue weighted by atomic mass is 16.3. The molecule has 18 heavy (non-hydrogen) atoms. The van der Waals surface area contributed by atoms with Crippen LogP contribution in [0, 0.1) is 18.3 Å². The highest BCUT2D eigenvalue weighted by Crippen LogP contribution is 2.21. The standard InChI is InChI=1S/C14H18N2O2/c1-10(2)16(8-4-7-15)14(18)12-9-11(3)5-6-13(12)17/h5-6,9-10,17H,4,8H2,1-3H3. The molecule has 1 N–H and O–H groups in total. The minimum atomic E-state index is -0.235. The highest BCUT2D eigenvalue weighted by molar-refractivity contribution is 5.97. The molecule has 0 radical (unpaired) electrons. The Kier molecular flexibility index (Phi) is 4.73. The summed E-state index contributed by atoms with van der Waals surface area (Å²) in [4.78, 5) is 13.9. The highest BCUT2D eigenvalue weighted by Gasteiger charge is 2.21. The maximum absolute atomic E-state index is 12.3. The molecule has 1 rings (SSSR count). The second-order valence-electron chi connectivity index (χ2n) is 4.52.